The van der Waals surface area contributed by atoms with Gasteiger partial charge >= 0.3 is 0 Å². The summed E-state index contributed by atoms with van der Waals surface area (Å²) >= 11 is 0. The summed E-state index contributed by atoms with van der Waals surface area (Å²) < 4.78 is 0. The second kappa shape index (κ2) is 5.94. The van der Waals surface area contributed by atoms with Crippen molar-refractivity contribution in [1.82, 2.24) is 0 Å². The van der Waals surface area contributed by atoms with Gasteiger partial charge in [0.2, 0.25) is 0 Å². The molecule has 0 radical (unpaired) electrons. The molecule has 4 rings (SSSR count). The van der Waals surface area contributed by atoms with E-state index in [1.807, 2.05) is 36.4 Å². The number of benzene rings is 2. The molecule has 3 N–H and O–H groups in total. The van der Waals surface area contributed by atoms with E-state index in [0.717, 1.165) is 38.2 Å². The van der Waals surface area contributed by atoms with Crippen molar-refractivity contribution < 1.29 is 9.90 Å². The van der Waals surface area contributed by atoms with Crippen LogP contribution in [0.4, 0.5) is 0 Å². The van der Waals surface area contributed by atoms with Crippen LogP contribution in [0.3, 0.4) is 0 Å². The largest absolute Gasteiger partial charge is 0.508 e. The Morgan fingerprint density at radius 1 is 1.04 bits per heavy atom. The second-order valence-electron chi connectivity index (χ2n) is 7.30. The van der Waals surface area contributed by atoms with Crippen LogP contribution in [0, 0.1) is 0 Å². The number of carbonyl (C=O) groups is 1. The predicted octanol–water partition coefficient (Wildman–Crippen LogP) is 3.19. The van der Waals surface area contributed by atoms with E-state index in [0.29, 0.717) is 6.54 Å². The summed E-state index contributed by atoms with van der Waals surface area (Å²) in [5.41, 5.74) is 11.5. The second-order valence-corrected chi connectivity index (χ2v) is 11.6. The molecule has 0 bridgehead atoms. The Kier molecular flexibility index (Phi) is 3.83. The number of rotatable bonds is 2. The number of aromatic hydroxyl groups is 1. The van der Waals surface area contributed by atoms with Gasteiger partial charge in [-0.25, -0.2) is 0 Å². The van der Waals surface area contributed by atoms with Gasteiger partial charge in [-0.05, 0) is 62.5 Å². The molecule has 1 aliphatic heterocycles. The third kappa shape index (κ3) is 2.42. The molecular formula is C22H21NO2Si. The van der Waals surface area contributed by atoms with Gasteiger partial charge in [-0.15, -0.1) is 0 Å². The average molecular weight is 360 g/mol. The van der Waals surface area contributed by atoms with Crippen molar-refractivity contribution in [2.24, 2.45) is 5.73 Å². The minimum absolute atomic E-state index is 0.0272. The topological polar surface area (TPSA) is 63.3 Å². The third-order valence-corrected chi connectivity index (χ3v) is 8.91. The molecule has 2 aromatic rings. The Balaban J connectivity index is 2.13. The average Bonchev–Trinajstić information content (AvgIpc) is 2.63. The zero-order chi connectivity index (χ0) is 18.5. The van der Waals surface area contributed by atoms with E-state index in [4.69, 9.17) is 5.73 Å². The predicted molar refractivity (Wildman–Crippen MR) is 108 cm³/mol. The summed E-state index contributed by atoms with van der Waals surface area (Å²) in [7, 11) is -2.11. The van der Waals surface area contributed by atoms with Crippen molar-refractivity contribution in [1.29, 1.82) is 0 Å². The molecule has 2 aromatic carbocycles. The Morgan fingerprint density at radius 2 is 1.81 bits per heavy atom. The van der Waals surface area contributed by atoms with Crippen LogP contribution >= 0.6 is 0 Å². The van der Waals surface area contributed by atoms with E-state index in [2.05, 4.69) is 19.2 Å². The fourth-order valence-electron chi connectivity index (χ4n) is 4.05. The number of ketones is 1. The van der Waals surface area contributed by atoms with E-state index >= 15 is 0 Å². The lowest BCUT2D eigenvalue weighted by atomic mass is 9.87. The number of phenols is 1. The third-order valence-electron chi connectivity index (χ3n) is 5.39. The van der Waals surface area contributed by atoms with Gasteiger partial charge in [0.15, 0.2) is 5.78 Å². The molecule has 0 spiro atoms. The summed E-state index contributed by atoms with van der Waals surface area (Å²) in [6.07, 6.45) is 5.37. The zero-order valence-electron chi connectivity index (χ0n) is 14.9. The first-order chi connectivity index (χ1) is 12.4. The molecule has 0 fully saturated rings. The molecule has 0 atom stereocenters. The SMILES string of the molecule is C[Si]1(C)C2=CC(=O)C=CC2=C(c2ccccc2CN)c2ccc(O)cc21. The van der Waals surface area contributed by atoms with Crippen molar-refractivity contribution in [2.75, 3.05) is 0 Å². The number of fused-ring (bicyclic) bond motifs is 2. The van der Waals surface area contributed by atoms with Gasteiger partial charge in [0.05, 0.1) is 0 Å². The number of hydrogen-bond donors (Lipinski definition) is 2. The number of hydrogen-bond acceptors (Lipinski definition) is 3. The number of allylic oxidation sites excluding steroid dienone is 5. The van der Waals surface area contributed by atoms with Gasteiger partial charge in [0.1, 0.15) is 13.8 Å². The molecule has 0 saturated carbocycles. The lowest BCUT2D eigenvalue weighted by Crippen LogP contribution is -2.49. The van der Waals surface area contributed by atoms with Gasteiger partial charge in [-0.1, -0.05) is 49.5 Å². The highest BCUT2D eigenvalue weighted by molar-refractivity contribution is 6.98. The van der Waals surface area contributed by atoms with Gasteiger partial charge in [-0.3, -0.25) is 4.79 Å². The highest BCUT2D eigenvalue weighted by Crippen LogP contribution is 2.42. The van der Waals surface area contributed by atoms with Crippen LogP contribution in [0.1, 0.15) is 16.7 Å². The van der Waals surface area contributed by atoms with E-state index < -0.39 is 8.07 Å². The summed E-state index contributed by atoms with van der Waals surface area (Å²) in [6.45, 7) is 4.91. The summed E-state index contributed by atoms with van der Waals surface area (Å²) in [4.78, 5) is 12.1. The van der Waals surface area contributed by atoms with E-state index in [1.54, 1.807) is 18.2 Å². The minimum atomic E-state index is -2.11. The van der Waals surface area contributed by atoms with Crippen molar-refractivity contribution in [3.8, 4) is 5.75 Å². The molecule has 1 aliphatic carbocycles. The molecule has 26 heavy (non-hydrogen) atoms. The fourth-order valence-corrected chi connectivity index (χ4v) is 7.11. The Hall–Kier alpha value is -2.69. The van der Waals surface area contributed by atoms with Crippen LogP contribution in [0.25, 0.3) is 5.57 Å². The highest BCUT2D eigenvalue weighted by Gasteiger charge is 2.40. The number of phenolic OH excluding ortho intramolecular Hbond substituents is 1. The van der Waals surface area contributed by atoms with Crippen LogP contribution in [0.15, 0.2) is 71.5 Å². The maximum atomic E-state index is 12.1. The normalized spacial score (nSPS) is 17.7. The minimum Gasteiger partial charge on any atom is -0.508 e. The van der Waals surface area contributed by atoms with Crippen LogP contribution in [0.2, 0.25) is 13.1 Å². The highest BCUT2D eigenvalue weighted by atomic mass is 28.3. The van der Waals surface area contributed by atoms with Gasteiger partial charge in [-0.2, -0.15) is 0 Å². The number of nitrogens with two attached hydrogens (primary N) is 1. The Morgan fingerprint density at radius 3 is 2.58 bits per heavy atom. The van der Waals surface area contributed by atoms with E-state index in [1.165, 1.54) is 0 Å². The monoisotopic (exact) mass is 359 g/mol. The molecule has 1 heterocycles. The van der Waals surface area contributed by atoms with E-state index in [-0.39, 0.29) is 11.5 Å². The fraction of sp³-hybridized carbons (Fsp3) is 0.136. The molecule has 0 amide bonds. The first kappa shape index (κ1) is 16.8. The molecule has 3 nitrogen and oxygen atoms in total. The van der Waals surface area contributed by atoms with Gasteiger partial charge in [0, 0.05) is 6.54 Å². The van der Waals surface area contributed by atoms with Gasteiger partial charge < -0.3 is 10.8 Å². The molecule has 130 valence electrons. The molecule has 0 saturated heterocycles. The van der Waals surface area contributed by atoms with Crippen LogP contribution < -0.4 is 10.9 Å². The molecule has 0 aromatic heterocycles. The van der Waals surface area contributed by atoms with Crippen molar-refractivity contribution in [3.05, 3.63) is 88.2 Å². The van der Waals surface area contributed by atoms with Crippen molar-refractivity contribution >= 4 is 24.6 Å². The lowest BCUT2D eigenvalue weighted by Gasteiger charge is -2.37. The summed E-state index contributed by atoms with van der Waals surface area (Å²) in [5, 5.41) is 12.4. The smallest absolute Gasteiger partial charge is 0.178 e. The zero-order valence-corrected chi connectivity index (χ0v) is 15.9. The van der Waals surface area contributed by atoms with Crippen molar-refractivity contribution in [2.45, 2.75) is 19.6 Å². The lowest BCUT2D eigenvalue weighted by molar-refractivity contribution is -0.110. The van der Waals surface area contributed by atoms with Gasteiger partial charge in [0.25, 0.3) is 0 Å². The molecular weight excluding hydrogens is 338 g/mol. The first-order valence-electron chi connectivity index (χ1n) is 8.74. The van der Waals surface area contributed by atoms with Crippen molar-refractivity contribution in [3.63, 3.8) is 0 Å². The maximum Gasteiger partial charge on any atom is 0.178 e. The molecule has 2 aliphatic rings. The Bertz CT molecular complexity index is 1030. The molecule has 4 heteroatoms. The summed E-state index contributed by atoms with van der Waals surface area (Å²) in [5.74, 6) is 0.289. The standard InChI is InChI=1S/C22H21NO2Si/c1-26(2)20-11-15(24)7-9-18(20)22(17-6-4-3-5-14(17)13-23)19-10-8-16(25)12-21(19)26/h3-12,24H,13,23H2,1-2H3. The number of carbonyl (C=O) groups excluding carboxylic acids is 1. The maximum absolute atomic E-state index is 12.1. The quantitative estimate of drug-likeness (QED) is 0.810. The van der Waals surface area contributed by atoms with Crippen LogP contribution in [0.5, 0.6) is 5.75 Å². The van der Waals surface area contributed by atoms with E-state index in [9.17, 15) is 9.90 Å². The Labute approximate surface area is 154 Å². The van der Waals surface area contributed by atoms with Crippen LogP contribution in [-0.2, 0) is 11.3 Å². The molecule has 0 unspecified atom stereocenters. The van der Waals surface area contributed by atoms with Crippen LogP contribution in [-0.4, -0.2) is 19.0 Å². The summed E-state index contributed by atoms with van der Waals surface area (Å²) in [6, 6.07) is 13.7. The first-order valence-corrected chi connectivity index (χ1v) is 11.7.